The van der Waals surface area contributed by atoms with Crippen molar-refractivity contribution in [1.29, 1.82) is 0 Å². The Morgan fingerprint density at radius 1 is 1.00 bits per heavy atom. The fourth-order valence-electron chi connectivity index (χ4n) is 4.01. The van der Waals surface area contributed by atoms with Crippen LogP contribution < -0.4 is 29.3 Å². The molecule has 2 aliphatic heterocycles. The second kappa shape index (κ2) is 6.95. The lowest BCUT2D eigenvalue weighted by Gasteiger charge is -2.35. The fourth-order valence-corrected chi connectivity index (χ4v) is 4.01. The van der Waals surface area contributed by atoms with E-state index in [0.717, 1.165) is 24.6 Å². The lowest BCUT2D eigenvalue weighted by atomic mass is 9.93. The first-order valence-corrected chi connectivity index (χ1v) is 8.48. The molecule has 1 saturated heterocycles. The summed E-state index contributed by atoms with van der Waals surface area (Å²) in [5.41, 5.74) is 2.64. The number of ether oxygens (including phenoxy) is 3. The molecule has 0 aliphatic carbocycles. The molecular weight excluding hydrogens is 294 g/mol. The topological polar surface area (TPSA) is 53.2 Å². The molecule has 128 valence electrons. The van der Waals surface area contributed by atoms with Crippen molar-refractivity contribution in [1.82, 2.24) is 0 Å². The van der Waals surface area contributed by atoms with Gasteiger partial charge >= 0.3 is 0 Å². The normalized spacial score (nSPS) is 27.2. The maximum atomic E-state index is 5.69. The van der Waals surface area contributed by atoms with Crippen LogP contribution in [0.15, 0.2) is 6.07 Å². The predicted octanol–water partition coefficient (Wildman–Crippen LogP) is -2.76. The highest BCUT2D eigenvalue weighted by Gasteiger charge is 2.37. The Bertz CT molecular complexity index is 557. The van der Waals surface area contributed by atoms with Crippen LogP contribution in [-0.2, 0) is 6.54 Å². The van der Waals surface area contributed by atoms with Crippen LogP contribution in [0.4, 0.5) is 0 Å². The molecule has 6 nitrogen and oxygen atoms in total. The maximum absolute atomic E-state index is 5.69. The van der Waals surface area contributed by atoms with Crippen LogP contribution in [0.3, 0.4) is 0 Å². The molecule has 2 heterocycles. The summed E-state index contributed by atoms with van der Waals surface area (Å²) >= 11 is 0. The Morgan fingerprint density at radius 2 is 1.70 bits per heavy atom. The highest BCUT2D eigenvalue weighted by Crippen LogP contribution is 2.43. The van der Waals surface area contributed by atoms with E-state index in [0.29, 0.717) is 11.8 Å². The first-order chi connectivity index (χ1) is 11.2. The Labute approximate surface area is 138 Å². The van der Waals surface area contributed by atoms with Crippen LogP contribution in [0, 0.1) is 0 Å². The van der Waals surface area contributed by atoms with Crippen LogP contribution in [0.1, 0.15) is 17.2 Å². The largest absolute Gasteiger partial charge is 0.493 e. The van der Waals surface area contributed by atoms with E-state index in [9.17, 15) is 0 Å². The van der Waals surface area contributed by atoms with E-state index >= 15 is 0 Å². The van der Waals surface area contributed by atoms with Gasteiger partial charge in [0.05, 0.1) is 33.9 Å². The van der Waals surface area contributed by atoms with Crippen molar-refractivity contribution >= 4 is 0 Å². The number of nitrogens with two attached hydrogens (primary N) is 1. The minimum absolute atomic E-state index is 0.501. The van der Waals surface area contributed by atoms with Crippen molar-refractivity contribution in [2.75, 3.05) is 61.1 Å². The number of methoxy groups -OCH3 is 3. The molecule has 0 bridgehead atoms. The van der Waals surface area contributed by atoms with Gasteiger partial charge in [0, 0.05) is 5.56 Å². The zero-order valence-electron chi connectivity index (χ0n) is 14.7. The van der Waals surface area contributed by atoms with Gasteiger partial charge in [-0.05, 0) is 6.07 Å². The smallest absolute Gasteiger partial charge is 0.203 e. The zero-order chi connectivity index (χ0) is 16.4. The standard InChI is InChI=1S/C17H27N3O3/c1-19-5-7-20(8-6-19)14-11-18-10-13-12(14)9-15(21-2)17(23-4)16(13)22-3/h9,14,18H,5-8,10-11H2,1-4H3/p+3/t14-/m1/s1. The molecule has 0 radical (unpaired) electrons. The highest BCUT2D eigenvalue weighted by molar-refractivity contribution is 5.59. The molecule has 23 heavy (non-hydrogen) atoms. The molecule has 1 fully saturated rings. The summed E-state index contributed by atoms with van der Waals surface area (Å²) < 4.78 is 16.8. The Kier molecular flexibility index (Phi) is 4.94. The van der Waals surface area contributed by atoms with Gasteiger partial charge in [0.1, 0.15) is 39.3 Å². The molecular formula is C17H30N3O3+3. The number of rotatable bonds is 4. The molecule has 1 atom stereocenters. The number of piperazine rings is 1. The minimum Gasteiger partial charge on any atom is -0.493 e. The van der Waals surface area contributed by atoms with Crippen LogP contribution in [-0.4, -0.2) is 61.1 Å². The SMILES string of the molecule is COc1cc2c(c(OC)c1OC)C[NH2+]C[C@H]2[NH+]1CC[NH+](C)CC1. The number of hydrogen-bond donors (Lipinski definition) is 3. The van der Waals surface area contributed by atoms with Gasteiger partial charge in [-0.1, -0.05) is 0 Å². The number of likely N-dealkylation sites (N-methyl/N-ethyl adjacent to an activating group) is 1. The number of benzene rings is 1. The maximum Gasteiger partial charge on any atom is 0.203 e. The van der Waals surface area contributed by atoms with Gasteiger partial charge in [-0.2, -0.15) is 0 Å². The number of quaternary nitrogens is 3. The van der Waals surface area contributed by atoms with E-state index in [-0.39, 0.29) is 0 Å². The Hall–Kier alpha value is -1.50. The van der Waals surface area contributed by atoms with Gasteiger partial charge in [0.15, 0.2) is 17.5 Å². The summed E-state index contributed by atoms with van der Waals surface area (Å²) in [7, 11) is 7.37. The van der Waals surface area contributed by atoms with Crippen LogP contribution >= 0.6 is 0 Å². The second-order valence-electron chi connectivity index (χ2n) is 6.61. The lowest BCUT2D eigenvalue weighted by Crippen LogP contribution is -3.28. The second-order valence-corrected chi connectivity index (χ2v) is 6.61. The molecule has 6 heteroatoms. The average molecular weight is 324 g/mol. The molecule has 2 aliphatic rings. The van der Waals surface area contributed by atoms with Gasteiger partial charge < -0.3 is 29.3 Å². The first kappa shape index (κ1) is 16.4. The molecule has 0 spiro atoms. The Morgan fingerprint density at radius 3 is 2.30 bits per heavy atom. The summed E-state index contributed by atoms with van der Waals surface area (Å²) in [6, 6.07) is 2.67. The van der Waals surface area contributed by atoms with E-state index in [1.807, 2.05) is 0 Å². The molecule has 0 amide bonds. The third kappa shape index (κ3) is 2.98. The van der Waals surface area contributed by atoms with E-state index in [1.54, 1.807) is 31.1 Å². The molecule has 0 unspecified atom stereocenters. The van der Waals surface area contributed by atoms with Crippen molar-refractivity contribution < 1.29 is 29.3 Å². The van der Waals surface area contributed by atoms with E-state index in [4.69, 9.17) is 14.2 Å². The Balaban J connectivity index is 2.00. The minimum atomic E-state index is 0.501. The molecule has 1 aromatic carbocycles. The van der Waals surface area contributed by atoms with Gasteiger partial charge in [0.2, 0.25) is 5.75 Å². The van der Waals surface area contributed by atoms with Crippen molar-refractivity contribution in [3.63, 3.8) is 0 Å². The molecule has 3 rings (SSSR count). The molecule has 1 aromatic rings. The monoisotopic (exact) mass is 324 g/mol. The van der Waals surface area contributed by atoms with Crippen molar-refractivity contribution in [2.45, 2.75) is 12.6 Å². The average Bonchev–Trinajstić information content (AvgIpc) is 2.60. The van der Waals surface area contributed by atoms with Crippen molar-refractivity contribution in [2.24, 2.45) is 0 Å². The van der Waals surface area contributed by atoms with Gasteiger partial charge in [-0.3, -0.25) is 0 Å². The summed E-state index contributed by atoms with van der Waals surface area (Å²) in [4.78, 5) is 3.32. The van der Waals surface area contributed by atoms with Crippen molar-refractivity contribution in [3.05, 3.63) is 17.2 Å². The quantitative estimate of drug-likeness (QED) is 0.563. The van der Waals surface area contributed by atoms with Gasteiger partial charge in [0.25, 0.3) is 0 Å². The highest BCUT2D eigenvalue weighted by atomic mass is 16.5. The van der Waals surface area contributed by atoms with E-state index < -0.39 is 0 Å². The van der Waals surface area contributed by atoms with Crippen molar-refractivity contribution in [3.8, 4) is 17.2 Å². The predicted molar refractivity (Wildman–Crippen MR) is 86.7 cm³/mol. The third-order valence-corrected chi connectivity index (χ3v) is 5.33. The van der Waals surface area contributed by atoms with Crippen LogP contribution in [0.25, 0.3) is 0 Å². The molecule has 0 aromatic heterocycles. The third-order valence-electron chi connectivity index (χ3n) is 5.33. The first-order valence-electron chi connectivity index (χ1n) is 8.48. The summed E-state index contributed by atoms with van der Waals surface area (Å²) in [5, 5.41) is 2.39. The number of hydrogen-bond acceptors (Lipinski definition) is 3. The summed E-state index contributed by atoms with van der Waals surface area (Å²) in [6.07, 6.45) is 0. The van der Waals surface area contributed by atoms with E-state index in [1.165, 1.54) is 37.3 Å². The van der Waals surface area contributed by atoms with Gasteiger partial charge in [-0.15, -0.1) is 0 Å². The lowest BCUT2D eigenvalue weighted by molar-refractivity contribution is -1.03. The molecule has 4 N–H and O–H groups in total. The van der Waals surface area contributed by atoms with Crippen LogP contribution in [0.5, 0.6) is 17.2 Å². The van der Waals surface area contributed by atoms with Crippen LogP contribution in [0.2, 0.25) is 0 Å². The summed E-state index contributed by atoms with van der Waals surface area (Å²) in [6.45, 7) is 6.99. The number of fused-ring (bicyclic) bond motifs is 1. The zero-order valence-corrected chi connectivity index (χ0v) is 14.7. The van der Waals surface area contributed by atoms with E-state index in [2.05, 4.69) is 18.4 Å². The number of nitrogens with one attached hydrogen (secondary N) is 2. The van der Waals surface area contributed by atoms with Gasteiger partial charge in [-0.25, -0.2) is 0 Å². The summed E-state index contributed by atoms with van der Waals surface area (Å²) in [5.74, 6) is 2.32. The fraction of sp³-hybridized carbons (Fsp3) is 0.647. The molecule has 0 saturated carbocycles.